The largest absolute Gasteiger partial charge is 0.378 e. The molecule has 0 unspecified atom stereocenters. The predicted octanol–water partition coefficient (Wildman–Crippen LogP) is 2.38. The summed E-state index contributed by atoms with van der Waals surface area (Å²) < 4.78 is 10.8. The molecule has 0 N–H and O–H groups in total. The van der Waals surface area contributed by atoms with Crippen molar-refractivity contribution in [2.24, 2.45) is 0 Å². The van der Waals surface area contributed by atoms with Gasteiger partial charge in [-0.15, -0.1) is 0 Å². The minimum Gasteiger partial charge on any atom is -0.378 e. The minimum absolute atomic E-state index is 0.103. The zero-order valence-corrected chi connectivity index (χ0v) is 15.8. The number of morpholine rings is 1. The molecular weight excluding hydrogens is 346 g/mol. The molecule has 2 aromatic heterocycles. The first kappa shape index (κ1) is 17.9. The van der Waals surface area contributed by atoms with Crippen molar-refractivity contribution >= 4 is 6.03 Å². The molecule has 2 aliphatic heterocycles. The number of hydrogen-bond donors (Lipinski definition) is 0. The van der Waals surface area contributed by atoms with Gasteiger partial charge in [0.25, 0.3) is 0 Å². The van der Waals surface area contributed by atoms with E-state index in [2.05, 4.69) is 10.1 Å². The highest BCUT2D eigenvalue weighted by atomic mass is 16.5. The Balaban J connectivity index is 1.57. The Bertz CT molecular complexity index is 815. The quantitative estimate of drug-likeness (QED) is 0.806. The summed E-state index contributed by atoms with van der Waals surface area (Å²) in [6, 6.07) is 2.00. The summed E-state index contributed by atoms with van der Waals surface area (Å²) in [7, 11) is 0. The van der Waals surface area contributed by atoms with Gasteiger partial charge in [0.05, 0.1) is 30.2 Å². The summed E-state index contributed by atoms with van der Waals surface area (Å²) in [6.07, 6.45) is 3.75. The summed E-state index contributed by atoms with van der Waals surface area (Å²) in [5.41, 5.74) is 2.63. The highest BCUT2D eigenvalue weighted by Gasteiger charge is 2.31. The maximum atomic E-state index is 12.9. The smallest absolute Gasteiger partial charge is 0.320 e. The lowest BCUT2D eigenvalue weighted by atomic mass is 9.91. The summed E-state index contributed by atoms with van der Waals surface area (Å²) in [4.78, 5) is 25.8. The number of aromatic nitrogens is 3. The fraction of sp³-hybridized carbons (Fsp3) is 0.579. The number of urea groups is 1. The molecule has 27 heavy (non-hydrogen) atoms. The van der Waals surface area contributed by atoms with Crippen LogP contribution in [0.5, 0.6) is 0 Å². The second-order valence-electron chi connectivity index (χ2n) is 7.22. The molecular formula is C19H25N5O3. The van der Waals surface area contributed by atoms with E-state index in [1.165, 1.54) is 0 Å². The molecule has 8 nitrogen and oxygen atoms in total. The second kappa shape index (κ2) is 7.64. The Hall–Kier alpha value is -2.48. The fourth-order valence-electron chi connectivity index (χ4n) is 3.81. The van der Waals surface area contributed by atoms with E-state index in [0.717, 1.165) is 42.2 Å². The van der Waals surface area contributed by atoms with E-state index in [1.807, 2.05) is 29.7 Å². The Morgan fingerprint density at radius 1 is 1.19 bits per heavy atom. The maximum absolute atomic E-state index is 12.9. The molecule has 4 rings (SSSR count). The SMILES string of the molecule is Cc1cc(-c2cnc(C)nc2[C@@H]2CCCN(C(=O)N3CCOCC3)C2)on1. The molecule has 0 spiro atoms. The van der Waals surface area contributed by atoms with E-state index in [4.69, 9.17) is 14.2 Å². The number of carbonyl (C=O) groups excluding carboxylic acids is 1. The molecule has 0 aromatic carbocycles. The average molecular weight is 371 g/mol. The van der Waals surface area contributed by atoms with Crippen molar-refractivity contribution in [3.8, 4) is 11.3 Å². The van der Waals surface area contributed by atoms with Crippen molar-refractivity contribution in [1.82, 2.24) is 24.9 Å². The van der Waals surface area contributed by atoms with E-state index in [0.29, 0.717) is 38.6 Å². The molecule has 4 heterocycles. The molecule has 0 saturated carbocycles. The average Bonchev–Trinajstić information content (AvgIpc) is 3.14. The van der Waals surface area contributed by atoms with Crippen LogP contribution in [0.3, 0.4) is 0 Å². The van der Waals surface area contributed by atoms with Crippen LogP contribution >= 0.6 is 0 Å². The van der Waals surface area contributed by atoms with Gasteiger partial charge >= 0.3 is 6.03 Å². The highest BCUT2D eigenvalue weighted by molar-refractivity contribution is 5.75. The Morgan fingerprint density at radius 2 is 2.00 bits per heavy atom. The molecule has 2 amide bonds. The van der Waals surface area contributed by atoms with Crippen LogP contribution in [-0.4, -0.2) is 70.3 Å². The van der Waals surface area contributed by atoms with E-state index in [-0.39, 0.29) is 11.9 Å². The fourth-order valence-corrected chi connectivity index (χ4v) is 3.81. The molecule has 1 atom stereocenters. The lowest BCUT2D eigenvalue weighted by molar-refractivity contribution is 0.0408. The number of piperidine rings is 1. The van der Waals surface area contributed by atoms with E-state index < -0.39 is 0 Å². The van der Waals surface area contributed by atoms with Gasteiger partial charge in [0.2, 0.25) is 0 Å². The van der Waals surface area contributed by atoms with Crippen LogP contribution < -0.4 is 0 Å². The second-order valence-corrected chi connectivity index (χ2v) is 7.22. The third-order valence-corrected chi connectivity index (χ3v) is 5.19. The number of carbonyl (C=O) groups is 1. The van der Waals surface area contributed by atoms with Gasteiger partial charge in [-0.1, -0.05) is 5.16 Å². The van der Waals surface area contributed by atoms with Gasteiger partial charge < -0.3 is 19.1 Å². The van der Waals surface area contributed by atoms with E-state index in [9.17, 15) is 4.79 Å². The first-order valence-electron chi connectivity index (χ1n) is 9.50. The summed E-state index contributed by atoms with van der Waals surface area (Å²) in [5.74, 6) is 1.56. The standard InChI is InChI=1S/C19H25N5O3/c1-13-10-17(27-22-13)16-11-20-14(2)21-18(16)15-4-3-5-24(12-15)19(25)23-6-8-26-9-7-23/h10-11,15H,3-9,12H2,1-2H3/t15-/m1/s1. The summed E-state index contributed by atoms with van der Waals surface area (Å²) in [6.45, 7) is 7.78. The molecule has 2 saturated heterocycles. The van der Waals surface area contributed by atoms with Gasteiger partial charge in [-0.05, 0) is 26.7 Å². The van der Waals surface area contributed by atoms with Crippen molar-refractivity contribution < 1.29 is 14.1 Å². The van der Waals surface area contributed by atoms with Crippen molar-refractivity contribution in [3.05, 3.63) is 29.5 Å². The lowest BCUT2D eigenvalue weighted by Crippen LogP contribution is -2.50. The monoisotopic (exact) mass is 371 g/mol. The Morgan fingerprint density at radius 3 is 2.74 bits per heavy atom. The van der Waals surface area contributed by atoms with Gasteiger partial charge in [0.1, 0.15) is 5.82 Å². The van der Waals surface area contributed by atoms with Crippen molar-refractivity contribution in [2.45, 2.75) is 32.6 Å². The van der Waals surface area contributed by atoms with Crippen molar-refractivity contribution in [2.75, 3.05) is 39.4 Å². The Kier molecular flexibility index (Phi) is 5.07. The first-order chi connectivity index (χ1) is 13.1. The molecule has 2 fully saturated rings. The predicted molar refractivity (Wildman–Crippen MR) is 98.3 cm³/mol. The first-order valence-corrected chi connectivity index (χ1v) is 9.50. The van der Waals surface area contributed by atoms with E-state index in [1.54, 1.807) is 6.20 Å². The third-order valence-electron chi connectivity index (χ3n) is 5.19. The number of rotatable bonds is 2. The normalized spacial score (nSPS) is 20.7. The van der Waals surface area contributed by atoms with E-state index >= 15 is 0 Å². The van der Waals surface area contributed by atoms with Gasteiger partial charge in [0.15, 0.2) is 5.76 Å². The molecule has 144 valence electrons. The number of nitrogens with zero attached hydrogens (tertiary/aromatic N) is 5. The highest BCUT2D eigenvalue weighted by Crippen LogP contribution is 2.33. The minimum atomic E-state index is 0.103. The van der Waals surface area contributed by atoms with Crippen LogP contribution in [0, 0.1) is 13.8 Å². The van der Waals surface area contributed by atoms with Gasteiger partial charge in [-0.3, -0.25) is 0 Å². The number of likely N-dealkylation sites (tertiary alicyclic amines) is 1. The maximum Gasteiger partial charge on any atom is 0.320 e. The van der Waals surface area contributed by atoms with Crippen LogP contribution in [0.4, 0.5) is 4.79 Å². The Labute approximate surface area is 158 Å². The van der Waals surface area contributed by atoms with Gasteiger partial charge in [-0.2, -0.15) is 0 Å². The van der Waals surface area contributed by atoms with Crippen LogP contribution in [0.2, 0.25) is 0 Å². The zero-order chi connectivity index (χ0) is 18.8. The topological polar surface area (TPSA) is 84.6 Å². The van der Waals surface area contributed by atoms with Crippen molar-refractivity contribution in [1.29, 1.82) is 0 Å². The molecule has 2 aliphatic rings. The number of aryl methyl sites for hydroxylation is 2. The van der Waals surface area contributed by atoms with Crippen molar-refractivity contribution in [3.63, 3.8) is 0 Å². The molecule has 0 radical (unpaired) electrons. The number of amides is 2. The van der Waals surface area contributed by atoms with Crippen LogP contribution in [-0.2, 0) is 4.74 Å². The lowest BCUT2D eigenvalue weighted by Gasteiger charge is -2.37. The number of ether oxygens (including phenoxy) is 1. The molecule has 0 aliphatic carbocycles. The van der Waals surface area contributed by atoms with Crippen LogP contribution in [0.25, 0.3) is 11.3 Å². The number of hydrogen-bond acceptors (Lipinski definition) is 6. The third kappa shape index (κ3) is 3.80. The summed E-state index contributed by atoms with van der Waals surface area (Å²) >= 11 is 0. The molecule has 2 aromatic rings. The molecule has 8 heteroatoms. The summed E-state index contributed by atoms with van der Waals surface area (Å²) in [5, 5.41) is 3.99. The molecule has 0 bridgehead atoms. The zero-order valence-electron chi connectivity index (χ0n) is 15.8. The van der Waals surface area contributed by atoms with Gasteiger partial charge in [0, 0.05) is 44.4 Å². The van der Waals surface area contributed by atoms with Crippen LogP contribution in [0.1, 0.15) is 36.0 Å². The van der Waals surface area contributed by atoms with Crippen LogP contribution in [0.15, 0.2) is 16.8 Å². The van der Waals surface area contributed by atoms with Gasteiger partial charge in [-0.25, -0.2) is 14.8 Å².